The zero-order chi connectivity index (χ0) is 23.9. The van der Waals surface area contributed by atoms with Crippen molar-refractivity contribution < 1.29 is 18.7 Å². The fraction of sp³-hybridized carbons (Fsp3) is 0.269. The van der Waals surface area contributed by atoms with E-state index in [1.54, 1.807) is 30.6 Å². The molecule has 0 spiro atoms. The van der Waals surface area contributed by atoms with Crippen molar-refractivity contribution in [1.29, 1.82) is 0 Å². The third kappa shape index (κ3) is 5.89. The van der Waals surface area contributed by atoms with Crippen LogP contribution < -0.4 is 15.5 Å². The van der Waals surface area contributed by atoms with Gasteiger partial charge in [-0.05, 0) is 61.2 Å². The number of nitrogens with zero attached hydrogens (tertiary/aromatic N) is 2. The summed E-state index contributed by atoms with van der Waals surface area (Å²) >= 11 is 0. The first-order valence-corrected chi connectivity index (χ1v) is 11.2. The van der Waals surface area contributed by atoms with Crippen LogP contribution in [0.4, 0.5) is 20.6 Å². The standard InChI is InChI=1S/C26H27FN4O3/c1-18-13-19(6-8-23(18)30-26(33)34-17-20-5-4-10-28-15-20)16-29-25(32)22-14-21(27)7-9-24(22)31-11-2-3-12-31/h4-10,13-15H,2-3,11-12,16-17H2,1H3,(H,29,32)(H,30,33). The Bertz CT molecular complexity index is 1160. The number of ether oxygens (including phenoxy) is 1. The van der Waals surface area contributed by atoms with Crippen LogP contribution >= 0.6 is 0 Å². The summed E-state index contributed by atoms with van der Waals surface area (Å²) in [5.74, 6) is -0.755. The number of aryl methyl sites for hydroxylation is 1. The van der Waals surface area contributed by atoms with Gasteiger partial charge in [-0.3, -0.25) is 15.1 Å². The predicted molar refractivity (Wildman–Crippen MR) is 128 cm³/mol. The van der Waals surface area contributed by atoms with Gasteiger partial charge in [0.2, 0.25) is 0 Å². The van der Waals surface area contributed by atoms with Gasteiger partial charge in [-0.15, -0.1) is 0 Å². The zero-order valence-electron chi connectivity index (χ0n) is 19.0. The minimum absolute atomic E-state index is 0.127. The van der Waals surface area contributed by atoms with Crippen molar-refractivity contribution in [3.63, 3.8) is 0 Å². The van der Waals surface area contributed by atoms with E-state index in [-0.39, 0.29) is 19.1 Å². The second kappa shape index (κ2) is 10.8. The van der Waals surface area contributed by atoms with Crippen molar-refractivity contribution in [2.75, 3.05) is 23.3 Å². The number of carbonyl (C=O) groups excluding carboxylic acids is 2. The number of benzene rings is 2. The maximum absolute atomic E-state index is 13.9. The Morgan fingerprint density at radius 2 is 1.91 bits per heavy atom. The van der Waals surface area contributed by atoms with Crippen molar-refractivity contribution in [2.24, 2.45) is 0 Å². The van der Waals surface area contributed by atoms with Gasteiger partial charge in [-0.2, -0.15) is 0 Å². The second-order valence-electron chi connectivity index (χ2n) is 8.25. The molecule has 8 heteroatoms. The summed E-state index contributed by atoms with van der Waals surface area (Å²) < 4.78 is 19.1. The van der Waals surface area contributed by atoms with Crippen molar-refractivity contribution in [3.05, 3.63) is 89.0 Å². The van der Waals surface area contributed by atoms with Gasteiger partial charge in [0.1, 0.15) is 12.4 Å². The van der Waals surface area contributed by atoms with Gasteiger partial charge in [-0.25, -0.2) is 9.18 Å². The zero-order valence-corrected chi connectivity index (χ0v) is 19.0. The summed E-state index contributed by atoms with van der Waals surface area (Å²) in [7, 11) is 0. The lowest BCUT2D eigenvalue weighted by Gasteiger charge is -2.21. The van der Waals surface area contributed by atoms with E-state index >= 15 is 0 Å². The molecule has 1 fully saturated rings. The van der Waals surface area contributed by atoms with E-state index in [1.807, 2.05) is 25.1 Å². The van der Waals surface area contributed by atoms with E-state index in [0.29, 0.717) is 11.3 Å². The van der Waals surface area contributed by atoms with Crippen LogP contribution in [0.1, 0.15) is 39.9 Å². The minimum Gasteiger partial charge on any atom is -0.444 e. The molecule has 0 unspecified atom stereocenters. The second-order valence-corrected chi connectivity index (χ2v) is 8.25. The highest BCUT2D eigenvalue weighted by atomic mass is 19.1. The van der Waals surface area contributed by atoms with Gasteiger partial charge in [0.25, 0.3) is 5.91 Å². The van der Waals surface area contributed by atoms with Crippen molar-refractivity contribution in [2.45, 2.75) is 32.9 Å². The Balaban J connectivity index is 1.34. The molecular weight excluding hydrogens is 435 g/mol. The van der Waals surface area contributed by atoms with Gasteiger partial charge >= 0.3 is 6.09 Å². The number of anilines is 2. The van der Waals surface area contributed by atoms with Crippen molar-refractivity contribution in [3.8, 4) is 0 Å². The SMILES string of the molecule is Cc1cc(CNC(=O)c2cc(F)ccc2N2CCCC2)ccc1NC(=O)OCc1cccnc1. The fourth-order valence-corrected chi connectivity index (χ4v) is 3.96. The fourth-order valence-electron chi connectivity index (χ4n) is 3.96. The Morgan fingerprint density at radius 1 is 1.09 bits per heavy atom. The number of halogens is 1. The number of rotatable bonds is 7. The first-order valence-electron chi connectivity index (χ1n) is 11.2. The average Bonchev–Trinajstić information content (AvgIpc) is 3.38. The van der Waals surface area contributed by atoms with Crippen LogP contribution in [-0.2, 0) is 17.9 Å². The number of carbonyl (C=O) groups is 2. The first-order chi connectivity index (χ1) is 16.5. The van der Waals surface area contributed by atoms with E-state index in [4.69, 9.17) is 4.74 Å². The summed E-state index contributed by atoms with van der Waals surface area (Å²) in [6.07, 6.45) is 4.86. The quantitative estimate of drug-likeness (QED) is 0.527. The minimum atomic E-state index is -0.562. The van der Waals surface area contributed by atoms with Gasteiger partial charge in [0.15, 0.2) is 0 Å². The molecule has 3 aromatic rings. The number of aromatic nitrogens is 1. The number of hydrogen-bond donors (Lipinski definition) is 2. The molecule has 4 rings (SSSR count). The van der Waals surface area contributed by atoms with Crippen LogP contribution in [0.15, 0.2) is 60.9 Å². The van der Waals surface area contributed by atoms with Gasteiger partial charge < -0.3 is 15.0 Å². The number of nitrogens with one attached hydrogen (secondary N) is 2. The highest BCUT2D eigenvalue weighted by Crippen LogP contribution is 2.26. The summed E-state index contributed by atoms with van der Waals surface area (Å²) in [6, 6.07) is 13.4. The Labute approximate surface area is 198 Å². The van der Waals surface area contributed by atoms with E-state index in [9.17, 15) is 14.0 Å². The summed E-state index contributed by atoms with van der Waals surface area (Å²) in [5.41, 5.74) is 4.21. The maximum atomic E-state index is 13.9. The largest absolute Gasteiger partial charge is 0.444 e. The molecule has 0 bridgehead atoms. The van der Waals surface area contributed by atoms with E-state index < -0.39 is 11.9 Å². The Morgan fingerprint density at radius 3 is 2.65 bits per heavy atom. The lowest BCUT2D eigenvalue weighted by Crippen LogP contribution is -2.27. The highest BCUT2D eigenvalue weighted by molar-refractivity contribution is 5.99. The molecule has 7 nitrogen and oxygen atoms in total. The molecule has 0 saturated carbocycles. The normalized spacial score (nSPS) is 12.9. The van der Waals surface area contributed by atoms with E-state index in [1.165, 1.54) is 12.1 Å². The predicted octanol–water partition coefficient (Wildman–Crippen LogP) is 4.81. The molecule has 1 aliphatic rings. The van der Waals surface area contributed by atoms with Gasteiger partial charge in [-0.1, -0.05) is 18.2 Å². The molecule has 2 aromatic carbocycles. The van der Waals surface area contributed by atoms with E-state index in [0.717, 1.165) is 48.3 Å². The van der Waals surface area contributed by atoms with Crippen molar-refractivity contribution in [1.82, 2.24) is 10.3 Å². The van der Waals surface area contributed by atoms with Gasteiger partial charge in [0.05, 0.1) is 5.56 Å². The molecule has 34 heavy (non-hydrogen) atoms. The Hall–Kier alpha value is -3.94. The van der Waals surface area contributed by atoms with Crippen molar-refractivity contribution >= 4 is 23.4 Å². The molecule has 0 atom stereocenters. The smallest absolute Gasteiger partial charge is 0.411 e. The Kier molecular flexibility index (Phi) is 7.37. The number of hydrogen-bond acceptors (Lipinski definition) is 5. The molecule has 0 aliphatic carbocycles. The van der Waals surface area contributed by atoms with Crippen LogP contribution in [0.25, 0.3) is 0 Å². The number of pyridine rings is 1. The molecule has 1 aromatic heterocycles. The molecule has 1 saturated heterocycles. The molecule has 2 N–H and O–H groups in total. The van der Waals surface area contributed by atoms with Crippen LogP contribution in [0.2, 0.25) is 0 Å². The van der Waals surface area contributed by atoms with E-state index in [2.05, 4.69) is 20.5 Å². The number of amides is 2. The third-order valence-electron chi connectivity index (χ3n) is 5.72. The maximum Gasteiger partial charge on any atom is 0.411 e. The molecular formula is C26H27FN4O3. The van der Waals surface area contributed by atoms with Crippen LogP contribution in [0.5, 0.6) is 0 Å². The molecule has 2 heterocycles. The lowest BCUT2D eigenvalue weighted by atomic mass is 10.1. The lowest BCUT2D eigenvalue weighted by molar-refractivity contribution is 0.0951. The molecule has 2 amide bonds. The summed E-state index contributed by atoms with van der Waals surface area (Å²) in [6.45, 7) is 4.00. The summed E-state index contributed by atoms with van der Waals surface area (Å²) in [5, 5.41) is 5.61. The van der Waals surface area contributed by atoms with Crippen LogP contribution in [0, 0.1) is 12.7 Å². The average molecular weight is 463 g/mol. The topological polar surface area (TPSA) is 83.6 Å². The summed E-state index contributed by atoms with van der Waals surface area (Å²) in [4.78, 5) is 31.1. The molecule has 176 valence electrons. The first kappa shape index (κ1) is 23.2. The van der Waals surface area contributed by atoms with Gasteiger partial charge in [0, 0.05) is 49.0 Å². The van der Waals surface area contributed by atoms with Crippen LogP contribution in [-0.4, -0.2) is 30.1 Å². The third-order valence-corrected chi connectivity index (χ3v) is 5.72. The monoisotopic (exact) mass is 462 g/mol. The molecule has 0 radical (unpaired) electrons. The molecule has 1 aliphatic heterocycles. The van der Waals surface area contributed by atoms with Crippen LogP contribution in [0.3, 0.4) is 0 Å². The highest BCUT2D eigenvalue weighted by Gasteiger charge is 2.20.